The van der Waals surface area contributed by atoms with Gasteiger partial charge in [0.15, 0.2) is 0 Å². The SMILES string of the molecule is O[As](O)c1ccc(F)c(F)c1. The van der Waals surface area contributed by atoms with E-state index in [1.165, 1.54) is 6.07 Å². The van der Waals surface area contributed by atoms with Gasteiger partial charge in [-0.2, -0.15) is 0 Å². The second kappa shape index (κ2) is 3.30. The Morgan fingerprint density at radius 2 is 1.73 bits per heavy atom. The van der Waals surface area contributed by atoms with E-state index in [1.54, 1.807) is 0 Å². The van der Waals surface area contributed by atoms with E-state index in [2.05, 4.69) is 0 Å². The number of hydrogen-bond donors (Lipinski definition) is 2. The summed E-state index contributed by atoms with van der Waals surface area (Å²) in [6.45, 7) is 0. The Bertz CT molecular complexity index is 265. The standard InChI is InChI=1S/C6H5AsF2O2/c8-5-2-1-4(7(10)11)3-6(5)9/h1-3,10-11H. The summed E-state index contributed by atoms with van der Waals surface area (Å²) in [7, 11) is 0. The Morgan fingerprint density at radius 1 is 1.09 bits per heavy atom. The maximum atomic E-state index is 12.4. The average Bonchev–Trinajstić information content (AvgIpc) is 1.94. The Morgan fingerprint density at radius 3 is 2.18 bits per heavy atom. The van der Waals surface area contributed by atoms with Crippen LogP contribution in [-0.4, -0.2) is 23.5 Å². The molecule has 0 unspecified atom stereocenters. The Kier molecular flexibility index (Phi) is 2.60. The fourth-order valence-corrected chi connectivity index (χ4v) is 1.53. The van der Waals surface area contributed by atoms with Gasteiger partial charge in [-0.25, -0.2) is 0 Å². The first-order chi connectivity index (χ1) is 5.11. The van der Waals surface area contributed by atoms with Gasteiger partial charge < -0.3 is 0 Å². The van der Waals surface area contributed by atoms with Gasteiger partial charge in [0.25, 0.3) is 0 Å². The maximum absolute atomic E-state index is 12.4. The second-order valence-corrected chi connectivity index (χ2v) is 4.19. The third-order valence-electron chi connectivity index (χ3n) is 1.13. The van der Waals surface area contributed by atoms with Gasteiger partial charge in [0, 0.05) is 0 Å². The molecule has 0 saturated carbocycles. The zero-order chi connectivity index (χ0) is 8.43. The summed E-state index contributed by atoms with van der Waals surface area (Å²) in [4.78, 5) is 0. The van der Waals surface area contributed by atoms with Crippen LogP contribution in [0.2, 0.25) is 0 Å². The molecule has 2 nitrogen and oxygen atoms in total. The van der Waals surface area contributed by atoms with Gasteiger partial charge in [0.2, 0.25) is 0 Å². The molecule has 0 atom stereocenters. The first kappa shape index (κ1) is 8.65. The first-order valence-corrected chi connectivity index (χ1v) is 5.36. The van der Waals surface area contributed by atoms with E-state index in [9.17, 15) is 8.78 Å². The molecular weight excluding hydrogens is 217 g/mol. The number of benzene rings is 1. The normalized spacial score (nSPS) is 10.6. The van der Waals surface area contributed by atoms with Crippen molar-refractivity contribution in [1.82, 2.24) is 0 Å². The Hall–Kier alpha value is -0.442. The zero-order valence-corrected chi connectivity index (χ0v) is 7.21. The van der Waals surface area contributed by atoms with Crippen LogP contribution in [-0.2, 0) is 0 Å². The molecule has 60 valence electrons. The van der Waals surface area contributed by atoms with Gasteiger partial charge in [0.05, 0.1) is 0 Å². The molecule has 1 aromatic carbocycles. The molecule has 0 amide bonds. The van der Waals surface area contributed by atoms with Crippen molar-refractivity contribution in [2.75, 3.05) is 0 Å². The van der Waals surface area contributed by atoms with Crippen molar-refractivity contribution in [3.05, 3.63) is 29.8 Å². The minimum absolute atomic E-state index is 0.0800. The van der Waals surface area contributed by atoms with Crippen molar-refractivity contribution < 1.29 is 17.0 Å². The minimum atomic E-state index is -3.05. The monoisotopic (exact) mass is 222 g/mol. The predicted octanol–water partition coefficient (Wildman–Crippen LogP) is -0.355. The van der Waals surface area contributed by atoms with E-state index in [0.717, 1.165) is 12.1 Å². The quantitative estimate of drug-likeness (QED) is 0.637. The van der Waals surface area contributed by atoms with Crippen LogP contribution < -0.4 is 4.35 Å². The van der Waals surface area contributed by atoms with Crippen molar-refractivity contribution in [1.29, 1.82) is 0 Å². The van der Waals surface area contributed by atoms with Crippen molar-refractivity contribution in [3.8, 4) is 0 Å². The molecule has 0 radical (unpaired) electrons. The van der Waals surface area contributed by atoms with Gasteiger partial charge in [-0.15, -0.1) is 0 Å². The summed E-state index contributed by atoms with van der Waals surface area (Å²) >= 11 is -3.05. The van der Waals surface area contributed by atoms with Gasteiger partial charge >= 0.3 is 66.5 Å². The average molecular weight is 222 g/mol. The van der Waals surface area contributed by atoms with Crippen LogP contribution in [0.3, 0.4) is 0 Å². The third-order valence-corrected chi connectivity index (χ3v) is 2.69. The van der Waals surface area contributed by atoms with Crippen molar-refractivity contribution in [2.45, 2.75) is 0 Å². The van der Waals surface area contributed by atoms with E-state index in [-0.39, 0.29) is 4.35 Å². The van der Waals surface area contributed by atoms with Crippen LogP contribution in [0.4, 0.5) is 8.78 Å². The zero-order valence-electron chi connectivity index (χ0n) is 5.33. The summed E-state index contributed by atoms with van der Waals surface area (Å²) < 4.78 is 42.0. The summed E-state index contributed by atoms with van der Waals surface area (Å²) in [6.07, 6.45) is 0. The summed E-state index contributed by atoms with van der Waals surface area (Å²) in [5.41, 5.74) is 0. The van der Waals surface area contributed by atoms with E-state index < -0.39 is 27.0 Å². The van der Waals surface area contributed by atoms with E-state index >= 15 is 0 Å². The molecule has 0 heterocycles. The van der Waals surface area contributed by atoms with Crippen molar-refractivity contribution >= 4 is 19.7 Å². The molecule has 0 saturated heterocycles. The van der Waals surface area contributed by atoms with Crippen molar-refractivity contribution in [2.24, 2.45) is 0 Å². The molecule has 1 rings (SSSR count). The molecule has 0 bridgehead atoms. The number of hydrogen-bond acceptors (Lipinski definition) is 2. The molecule has 0 fully saturated rings. The summed E-state index contributed by atoms with van der Waals surface area (Å²) in [5, 5.41) is 0. The fourth-order valence-electron chi connectivity index (χ4n) is 0.609. The molecule has 2 N–H and O–H groups in total. The van der Waals surface area contributed by atoms with Gasteiger partial charge in [-0.05, 0) is 0 Å². The molecular formula is C6H5AsF2O2. The summed E-state index contributed by atoms with van der Waals surface area (Å²) in [6, 6.07) is 2.84. The van der Waals surface area contributed by atoms with Crippen LogP contribution in [0.25, 0.3) is 0 Å². The van der Waals surface area contributed by atoms with Crippen LogP contribution >= 0.6 is 0 Å². The third kappa shape index (κ3) is 1.99. The van der Waals surface area contributed by atoms with E-state index in [0.29, 0.717) is 0 Å². The van der Waals surface area contributed by atoms with Crippen molar-refractivity contribution in [3.63, 3.8) is 0 Å². The summed E-state index contributed by atoms with van der Waals surface area (Å²) in [5.74, 6) is -2.03. The molecule has 0 aliphatic heterocycles. The van der Waals surface area contributed by atoms with Crippen LogP contribution in [0.5, 0.6) is 0 Å². The molecule has 1 aromatic rings. The second-order valence-electron chi connectivity index (χ2n) is 1.89. The number of halogens is 2. The van der Waals surface area contributed by atoms with Crippen LogP contribution in [0.15, 0.2) is 18.2 Å². The van der Waals surface area contributed by atoms with Gasteiger partial charge in [0.1, 0.15) is 0 Å². The van der Waals surface area contributed by atoms with Crippen LogP contribution in [0, 0.1) is 11.6 Å². The first-order valence-electron chi connectivity index (χ1n) is 2.74. The number of rotatable bonds is 1. The molecule has 0 aromatic heterocycles. The molecule has 11 heavy (non-hydrogen) atoms. The molecule has 0 aliphatic carbocycles. The Labute approximate surface area is 67.1 Å². The van der Waals surface area contributed by atoms with E-state index in [4.69, 9.17) is 8.19 Å². The van der Waals surface area contributed by atoms with Gasteiger partial charge in [-0.3, -0.25) is 0 Å². The topological polar surface area (TPSA) is 40.5 Å². The molecule has 0 spiro atoms. The van der Waals surface area contributed by atoms with E-state index in [1.807, 2.05) is 0 Å². The van der Waals surface area contributed by atoms with Gasteiger partial charge in [-0.1, -0.05) is 0 Å². The predicted molar refractivity (Wildman–Crippen MR) is 36.2 cm³/mol. The fraction of sp³-hybridized carbons (Fsp3) is 0. The molecule has 5 heteroatoms. The Balaban J connectivity index is 3.05. The molecule has 0 aliphatic rings. The van der Waals surface area contributed by atoms with Crippen LogP contribution in [0.1, 0.15) is 0 Å².